The maximum absolute atomic E-state index is 12.4. The second-order valence-corrected chi connectivity index (χ2v) is 5.10. The second-order valence-electron chi connectivity index (χ2n) is 4.74. The third kappa shape index (κ3) is 3.23. The van der Waals surface area contributed by atoms with Crippen molar-refractivity contribution in [2.45, 2.75) is 6.42 Å². The quantitative estimate of drug-likeness (QED) is 0.469. The summed E-state index contributed by atoms with van der Waals surface area (Å²) in [5, 5.41) is 10.8. The topological polar surface area (TPSA) is 79.6 Å². The molecule has 1 saturated heterocycles. The third-order valence-corrected chi connectivity index (χ3v) is 3.57. The number of pyridine rings is 1. The van der Waals surface area contributed by atoms with E-state index in [1.54, 1.807) is 4.90 Å². The van der Waals surface area contributed by atoms with E-state index in [-0.39, 0.29) is 22.3 Å². The monoisotopic (exact) mass is 298 g/mol. The molecule has 1 aromatic heterocycles. The van der Waals surface area contributed by atoms with Gasteiger partial charge in [-0.15, -0.1) is 0 Å². The first-order valence-electron chi connectivity index (χ1n) is 6.27. The zero-order valence-electron chi connectivity index (χ0n) is 11.1. The molecule has 2 heterocycles. The van der Waals surface area contributed by atoms with E-state index in [2.05, 4.69) is 9.88 Å². The Hall–Kier alpha value is -1.73. The van der Waals surface area contributed by atoms with Gasteiger partial charge in [0.25, 0.3) is 11.6 Å². The van der Waals surface area contributed by atoms with Crippen molar-refractivity contribution in [3.8, 4) is 0 Å². The molecule has 0 radical (unpaired) electrons. The number of aromatic nitrogens is 1. The average Bonchev–Trinajstić information content (AvgIpc) is 2.63. The summed E-state index contributed by atoms with van der Waals surface area (Å²) >= 11 is 5.89. The van der Waals surface area contributed by atoms with E-state index in [0.29, 0.717) is 13.1 Å². The summed E-state index contributed by atoms with van der Waals surface area (Å²) in [6.07, 6.45) is 1.91. The number of halogens is 1. The molecule has 20 heavy (non-hydrogen) atoms. The molecule has 1 fully saturated rings. The van der Waals surface area contributed by atoms with Crippen molar-refractivity contribution in [3.05, 3.63) is 33.1 Å². The highest BCUT2D eigenvalue weighted by molar-refractivity contribution is 6.32. The Morgan fingerprint density at radius 3 is 2.85 bits per heavy atom. The maximum Gasteiger partial charge on any atom is 0.288 e. The van der Waals surface area contributed by atoms with Crippen LogP contribution >= 0.6 is 11.6 Å². The van der Waals surface area contributed by atoms with Crippen LogP contribution in [0.2, 0.25) is 5.15 Å². The van der Waals surface area contributed by atoms with Crippen LogP contribution in [-0.2, 0) is 0 Å². The summed E-state index contributed by atoms with van der Waals surface area (Å²) in [7, 11) is 2.00. The highest BCUT2D eigenvalue weighted by Crippen LogP contribution is 2.21. The molecule has 0 unspecified atom stereocenters. The minimum atomic E-state index is -0.587. The number of carbonyl (C=O) groups excluding carboxylic acids is 1. The van der Waals surface area contributed by atoms with Gasteiger partial charge in [-0.2, -0.15) is 0 Å². The van der Waals surface area contributed by atoms with Crippen LogP contribution in [0.15, 0.2) is 12.3 Å². The normalized spacial score (nSPS) is 16.8. The van der Waals surface area contributed by atoms with E-state index < -0.39 is 4.92 Å². The summed E-state index contributed by atoms with van der Waals surface area (Å²) < 4.78 is 0. The largest absolute Gasteiger partial charge is 0.337 e. The Morgan fingerprint density at radius 1 is 1.40 bits per heavy atom. The van der Waals surface area contributed by atoms with Gasteiger partial charge >= 0.3 is 0 Å². The van der Waals surface area contributed by atoms with Gasteiger partial charge in [0.2, 0.25) is 0 Å². The van der Waals surface area contributed by atoms with Crippen LogP contribution in [0.25, 0.3) is 0 Å². The third-order valence-electron chi connectivity index (χ3n) is 3.27. The molecule has 1 amide bonds. The summed E-state index contributed by atoms with van der Waals surface area (Å²) in [6, 6.07) is 1.19. The van der Waals surface area contributed by atoms with Crippen LogP contribution in [-0.4, -0.2) is 58.8 Å². The van der Waals surface area contributed by atoms with Gasteiger partial charge in [0.05, 0.1) is 10.5 Å². The first kappa shape index (κ1) is 14.7. The van der Waals surface area contributed by atoms with Crippen LogP contribution < -0.4 is 0 Å². The number of hydrogen-bond donors (Lipinski definition) is 0. The van der Waals surface area contributed by atoms with Crippen molar-refractivity contribution >= 4 is 23.2 Å². The fraction of sp³-hybridized carbons (Fsp3) is 0.500. The van der Waals surface area contributed by atoms with E-state index in [0.717, 1.165) is 25.7 Å². The molecular formula is C12H15ClN4O3. The molecule has 0 N–H and O–H groups in total. The number of rotatable bonds is 2. The Bertz CT molecular complexity index is 537. The molecule has 0 aliphatic carbocycles. The number of nitro groups is 1. The van der Waals surface area contributed by atoms with E-state index in [9.17, 15) is 14.9 Å². The molecule has 1 aromatic rings. The van der Waals surface area contributed by atoms with E-state index in [4.69, 9.17) is 11.6 Å². The molecule has 8 heteroatoms. The van der Waals surface area contributed by atoms with Gasteiger partial charge in [0, 0.05) is 25.7 Å². The van der Waals surface area contributed by atoms with Crippen molar-refractivity contribution in [2.24, 2.45) is 0 Å². The minimum absolute atomic E-state index is 0.00167. The van der Waals surface area contributed by atoms with Gasteiger partial charge in [0.1, 0.15) is 11.3 Å². The van der Waals surface area contributed by atoms with Gasteiger partial charge in [-0.25, -0.2) is 4.98 Å². The highest BCUT2D eigenvalue weighted by Gasteiger charge is 2.23. The number of amides is 1. The van der Waals surface area contributed by atoms with Gasteiger partial charge < -0.3 is 9.80 Å². The van der Waals surface area contributed by atoms with Crippen molar-refractivity contribution in [3.63, 3.8) is 0 Å². The number of hydrogen-bond acceptors (Lipinski definition) is 5. The van der Waals surface area contributed by atoms with Crippen LogP contribution in [0, 0.1) is 10.1 Å². The number of likely N-dealkylation sites (N-methyl/N-ethyl adjacent to an activating group) is 1. The molecule has 0 saturated carbocycles. The second kappa shape index (κ2) is 6.15. The lowest BCUT2D eigenvalue weighted by molar-refractivity contribution is -0.385. The van der Waals surface area contributed by atoms with Gasteiger partial charge in [-0.3, -0.25) is 14.9 Å². The standard InChI is InChI=1S/C12H15ClN4O3/c1-15-3-2-4-16(6-5-15)12(18)10-7-9(17(19)20)8-14-11(10)13/h7-8H,2-6H2,1H3. The van der Waals surface area contributed by atoms with Gasteiger partial charge in [-0.05, 0) is 20.0 Å². The fourth-order valence-electron chi connectivity index (χ4n) is 2.11. The maximum atomic E-state index is 12.4. The van der Waals surface area contributed by atoms with Crippen molar-refractivity contribution in [1.82, 2.24) is 14.8 Å². The lowest BCUT2D eigenvalue weighted by atomic mass is 10.2. The Morgan fingerprint density at radius 2 is 2.15 bits per heavy atom. The van der Waals surface area contributed by atoms with Crippen molar-refractivity contribution in [2.75, 3.05) is 33.2 Å². The van der Waals surface area contributed by atoms with E-state index in [1.165, 1.54) is 6.07 Å². The molecular weight excluding hydrogens is 284 g/mol. The average molecular weight is 299 g/mol. The SMILES string of the molecule is CN1CCCN(C(=O)c2cc([N+](=O)[O-])cnc2Cl)CC1. The summed E-state index contributed by atoms with van der Waals surface area (Å²) in [5.74, 6) is -0.304. The van der Waals surface area contributed by atoms with Crippen LogP contribution in [0.5, 0.6) is 0 Å². The molecule has 1 aliphatic heterocycles. The molecule has 0 atom stereocenters. The van der Waals surface area contributed by atoms with E-state index >= 15 is 0 Å². The first-order chi connectivity index (χ1) is 9.49. The minimum Gasteiger partial charge on any atom is -0.337 e. The predicted molar refractivity (Wildman–Crippen MR) is 73.9 cm³/mol. The lowest BCUT2D eigenvalue weighted by Gasteiger charge is -2.20. The number of nitrogens with zero attached hydrogens (tertiary/aromatic N) is 4. The van der Waals surface area contributed by atoms with Crippen molar-refractivity contribution in [1.29, 1.82) is 0 Å². The van der Waals surface area contributed by atoms with Crippen molar-refractivity contribution < 1.29 is 9.72 Å². The zero-order chi connectivity index (χ0) is 14.7. The molecule has 7 nitrogen and oxygen atoms in total. The van der Waals surface area contributed by atoms with E-state index in [1.807, 2.05) is 7.05 Å². The molecule has 108 valence electrons. The summed E-state index contributed by atoms with van der Waals surface area (Å²) in [6.45, 7) is 2.88. The molecule has 0 aromatic carbocycles. The fourth-order valence-corrected chi connectivity index (χ4v) is 2.29. The molecule has 0 bridgehead atoms. The smallest absolute Gasteiger partial charge is 0.288 e. The zero-order valence-corrected chi connectivity index (χ0v) is 11.8. The molecule has 0 spiro atoms. The van der Waals surface area contributed by atoms with Crippen LogP contribution in [0.1, 0.15) is 16.8 Å². The van der Waals surface area contributed by atoms with Gasteiger partial charge in [0.15, 0.2) is 0 Å². The molecule has 1 aliphatic rings. The Labute approximate surface area is 121 Å². The van der Waals surface area contributed by atoms with Crippen LogP contribution in [0.4, 0.5) is 5.69 Å². The van der Waals surface area contributed by atoms with Crippen LogP contribution in [0.3, 0.4) is 0 Å². The highest BCUT2D eigenvalue weighted by atomic mass is 35.5. The lowest BCUT2D eigenvalue weighted by Crippen LogP contribution is -2.34. The molecule has 2 rings (SSSR count). The Kier molecular flexibility index (Phi) is 4.51. The summed E-state index contributed by atoms with van der Waals surface area (Å²) in [4.78, 5) is 30.1. The predicted octanol–water partition coefficient (Wildman–Crippen LogP) is 1.42. The summed E-state index contributed by atoms with van der Waals surface area (Å²) in [5.41, 5.74) is -0.143. The Balaban J connectivity index is 2.23. The number of carbonyl (C=O) groups is 1. The van der Waals surface area contributed by atoms with Gasteiger partial charge in [-0.1, -0.05) is 11.6 Å². The first-order valence-corrected chi connectivity index (χ1v) is 6.64.